The zero-order valence-electron chi connectivity index (χ0n) is 19.2. The summed E-state index contributed by atoms with van der Waals surface area (Å²) in [6.07, 6.45) is -0.987. The monoisotopic (exact) mass is 474 g/mol. The van der Waals surface area contributed by atoms with Crippen LogP contribution in [0.2, 0.25) is 0 Å². The van der Waals surface area contributed by atoms with Crippen LogP contribution in [0.5, 0.6) is 0 Å². The summed E-state index contributed by atoms with van der Waals surface area (Å²) in [4.78, 5) is 71.1. The van der Waals surface area contributed by atoms with Crippen LogP contribution in [-0.4, -0.2) is 75.1 Å². The van der Waals surface area contributed by atoms with Crippen molar-refractivity contribution in [2.45, 2.75) is 77.5 Å². The molecule has 13 nitrogen and oxygen atoms in total. The number of rotatable bonds is 15. The molecule has 0 saturated heterocycles. The summed E-state index contributed by atoms with van der Waals surface area (Å²) < 4.78 is 0. The Kier molecular flexibility index (Phi) is 12.7. The van der Waals surface area contributed by atoms with Crippen LogP contribution in [-0.2, 0) is 28.8 Å². The smallest absolute Gasteiger partial charge is 0.326 e. The van der Waals surface area contributed by atoms with Crippen molar-refractivity contribution in [2.24, 2.45) is 17.6 Å². The fourth-order valence-corrected chi connectivity index (χ4v) is 2.86. The predicted molar refractivity (Wildman–Crippen MR) is 115 cm³/mol. The zero-order valence-corrected chi connectivity index (χ0v) is 19.2. The van der Waals surface area contributed by atoms with E-state index in [1.807, 2.05) is 0 Å². The molecule has 0 rings (SSSR count). The number of hydrogen-bond donors (Lipinski definition) is 7. The molecule has 0 fully saturated rings. The Morgan fingerprint density at radius 1 is 0.758 bits per heavy atom. The maximum absolute atomic E-state index is 12.8. The summed E-state index contributed by atoms with van der Waals surface area (Å²) in [7, 11) is 0. The van der Waals surface area contributed by atoms with Crippen LogP contribution >= 0.6 is 0 Å². The van der Waals surface area contributed by atoms with Gasteiger partial charge in [-0.3, -0.25) is 24.0 Å². The van der Waals surface area contributed by atoms with Gasteiger partial charge in [0.2, 0.25) is 17.7 Å². The van der Waals surface area contributed by atoms with Gasteiger partial charge in [0.1, 0.15) is 18.1 Å². The molecule has 0 bridgehead atoms. The number of carboxylic acid groups (broad SMARTS) is 3. The first kappa shape index (κ1) is 29.8. The third-order valence-electron chi connectivity index (χ3n) is 4.86. The Morgan fingerprint density at radius 2 is 1.24 bits per heavy atom. The number of carboxylic acids is 3. The van der Waals surface area contributed by atoms with Crippen LogP contribution in [0, 0.1) is 11.8 Å². The van der Waals surface area contributed by atoms with Crippen molar-refractivity contribution in [1.29, 1.82) is 0 Å². The van der Waals surface area contributed by atoms with Gasteiger partial charge in [0.15, 0.2) is 0 Å². The van der Waals surface area contributed by atoms with E-state index >= 15 is 0 Å². The number of aliphatic carboxylic acids is 3. The molecule has 0 saturated carbocycles. The zero-order chi connectivity index (χ0) is 25.9. The van der Waals surface area contributed by atoms with Gasteiger partial charge in [-0.25, -0.2) is 4.79 Å². The van der Waals surface area contributed by atoms with Crippen molar-refractivity contribution in [3.8, 4) is 0 Å². The molecule has 5 unspecified atom stereocenters. The first-order chi connectivity index (χ1) is 15.2. The maximum atomic E-state index is 12.8. The first-order valence-corrected chi connectivity index (χ1v) is 10.5. The SMILES string of the molecule is CCC(C)C(NC(=O)C(CC(=O)O)NC(=O)C(CC(C)C)NC(=O)C(N)CC(=O)O)C(=O)O. The molecular weight excluding hydrogens is 440 g/mol. The maximum Gasteiger partial charge on any atom is 0.326 e. The van der Waals surface area contributed by atoms with Crippen LogP contribution in [0.25, 0.3) is 0 Å². The number of carbonyl (C=O) groups is 6. The molecule has 0 spiro atoms. The standard InChI is InChI=1S/C20H34N4O9/c1-5-10(4)16(20(32)33)24-19(31)13(8-15(27)28)23-18(30)12(6-9(2)3)22-17(29)11(21)7-14(25)26/h9-13,16H,5-8,21H2,1-4H3,(H,22,29)(H,23,30)(H,24,31)(H,25,26)(H,27,28)(H,32,33). The molecule has 8 N–H and O–H groups in total. The third-order valence-corrected chi connectivity index (χ3v) is 4.86. The molecule has 33 heavy (non-hydrogen) atoms. The number of nitrogens with two attached hydrogens (primary N) is 1. The Labute approximate surface area is 191 Å². The van der Waals surface area contributed by atoms with Gasteiger partial charge in [0, 0.05) is 0 Å². The molecule has 0 aromatic rings. The molecule has 0 aliphatic carbocycles. The van der Waals surface area contributed by atoms with Gasteiger partial charge in [0.05, 0.1) is 18.9 Å². The second kappa shape index (κ2) is 14.0. The molecular formula is C20H34N4O9. The topological polar surface area (TPSA) is 225 Å². The molecule has 0 aliphatic heterocycles. The van der Waals surface area contributed by atoms with Gasteiger partial charge in [-0.05, 0) is 18.3 Å². The Morgan fingerprint density at radius 3 is 1.67 bits per heavy atom. The second-order valence-corrected chi connectivity index (χ2v) is 8.26. The fourth-order valence-electron chi connectivity index (χ4n) is 2.86. The van der Waals surface area contributed by atoms with E-state index < -0.39 is 78.6 Å². The summed E-state index contributed by atoms with van der Waals surface area (Å²) in [5.41, 5.74) is 5.52. The lowest BCUT2D eigenvalue weighted by atomic mass is 9.98. The minimum absolute atomic E-state index is 0.0867. The van der Waals surface area contributed by atoms with Gasteiger partial charge < -0.3 is 37.0 Å². The highest BCUT2D eigenvalue weighted by Crippen LogP contribution is 2.10. The van der Waals surface area contributed by atoms with Gasteiger partial charge in [-0.1, -0.05) is 34.1 Å². The highest BCUT2D eigenvalue weighted by atomic mass is 16.4. The lowest BCUT2D eigenvalue weighted by Crippen LogP contribution is -2.58. The van der Waals surface area contributed by atoms with Crippen LogP contribution < -0.4 is 21.7 Å². The van der Waals surface area contributed by atoms with Crippen molar-refractivity contribution in [2.75, 3.05) is 0 Å². The normalized spacial score (nSPS) is 15.5. The average molecular weight is 475 g/mol. The van der Waals surface area contributed by atoms with E-state index in [0.29, 0.717) is 6.42 Å². The summed E-state index contributed by atoms with van der Waals surface area (Å²) in [6, 6.07) is -5.56. The molecule has 188 valence electrons. The molecule has 3 amide bonds. The van der Waals surface area contributed by atoms with Crippen molar-refractivity contribution in [3.05, 3.63) is 0 Å². The molecule has 0 heterocycles. The van der Waals surface area contributed by atoms with Crippen molar-refractivity contribution in [3.63, 3.8) is 0 Å². The highest BCUT2D eigenvalue weighted by molar-refractivity contribution is 5.96. The third kappa shape index (κ3) is 11.3. The summed E-state index contributed by atoms with van der Waals surface area (Å²) in [6.45, 7) is 6.80. The minimum Gasteiger partial charge on any atom is -0.481 e. The van der Waals surface area contributed by atoms with E-state index in [4.69, 9.17) is 15.9 Å². The summed E-state index contributed by atoms with van der Waals surface area (Å²) in [5, 5.41) is 34.1. The molecule has 13 heteroatoms. The molecule has 0 aromatic carbocycles. The van der Waals surface area contributed by atoms with Gasteiger partial charge in [-0.15, -0.1) is 0 Å². The predicted octanol–water partition coefficient (Wildman–Crippen LogP) is -1.11. The van der Waals surface area contributed by atoms with Crippen LogP contribution in [0.1, 0.15) is 53.4 Å². The Bertz CT molecular complexity index is 741. The summed E-state index contributed by atoms with van der Waals surface area (Å²) >= 11 is 0. The first-order valence-electron chi connectivity index (χ1n) is 10.5. The van der Waals surface area contributed by atoms with Crippen LogP contribution in [0.3, 0.4) is 0 Å². The van der Waals surface area contributed by atoms with Crippen molar-refractivity contribution >= 4 is 35.6 Å². The highest BCUT2D eigenvalue weighted by Gasteiger charge is 2.33. The molecule has 0 radical (unpaired) electrons. The number of carbonyl (C=O) groups excluding carboxylic acids is 3. The minimum atomic E-state index is -1.61. The van der Waals surface area contributed by atoms with Crippen LogP contribution in [0.15, 0.2) is 0 Å². The van der Waals surface area contributed by atoms with Gasteiger partial charge in [0.25, 0.3) is 0 Å². The molecule has 0 aliphatic rings. The number of amides is 3. The van der Waals surface area contributed by atoms with Crippen molar-refractivity contribution < 1.29 is 44.1 Å². The Hall–Kier alpha value is -3.22. The van der Waals surface area contributed by atoms with Crippen molar-refractivity contribution in [1.82, 2.24) is 16.0 Å². The van der Waals surface area contributed by atoms with E-state index in [-0.39, 0.29) is 12.3 Å². The van der Waals surface area contributed by atoms with Gasteiger partial charge in [-0.2, -0.15) is 0 Å². The molecule has 5 atom stereocenters. The fraction of sp³-hybridized carbons (Fsp3) is 0.700. The lowest BCUT2D eigenvalue weighted by molar-refractivity contribution is -0.144. The lowest BCUT2D eigenvalue weighted by Gasteiger charge is -2.26. The average Bonchev–Trinajstić information content (AvgIpc) is 2.68. The Balaban J connectivity index is 5.58. The molecule has 0 aromatic heterocycles. The largest absolute Gasteiger partial charge is 0.481 e. The van der Waals surface area contributed by atoms with E-state index in [2.05, 4.69) is 16.0 Å². The van der Waals surface area contributed by atoms with Crippen LogP contribution in [0.4, 0.5) is 0 Å². The van der Waals surface area contributed by atoms with E-state index in [1.54, 1.807) is 27.7 Å². The van der Waals surface area contributed by atoms with E-state index in [1.165, 1.54) is 0 Å². The number of hydrogen-bond acceptors (Lipinski definition) is 7. The van der Waals surface area contributed by atoms with Gasteiger partial charge >= 0.3 is 17.9 Å². The van der Waals surface area contributed by atoms with E-state index in [9.17, 15) is 33.9 Å². The second-order valence-electron chi connectivity index (χ2n) is 8.26. The number of nitrogens with one attached hydrogen (secondary N) is 3. The quantitative estimate of drug-likeness (QED) is 0.151. The van der Waals surface area contributed by atoms with E-state index in [0.717, 1.165) is 0 Å². The summed E-state index contributed by atoms with van der Waals surface area (Å²) in [5.74, 6) is -7.42.